The van der Waals surface area contributed by atoms with Gasteiger partial charge >= 0.3 is 0 Å². The third-order valence-electron chi connectivity index (χ3n) is 2.47. The Kier molecular flexibility index (Phi) is 2.79. The summed E-state index contributed by atoms with van der Waals surface area (Å²) in [6, 6.07) is 3.53. The van der Waals surface area contributed by atoms with Crippen molar-refractivity contribution in [2.75, 3.05) is 14.2 Å². The van der Waals surface area contributed by atoms with E-state index in [9.17, 15) is 4.39 Å². The number of fused-ring (bicyclic) bond motifs is 1. The molecule has 0 aliphatic carbocycles. The van der Waals surface area contributed by atoms with Crippen molar-refractivity contribution in [3.05, 3.63) is 29.8 Å². The van der Waals surface area contributed by atoms with Gasteiger partial charge in [-0.1, -0.05) is 0 Å². The standard InChI is InChI=1S/C12H9FN2O2/c1-16-10-3-8-7(4-14)5-15-6-9(8)11(13)12(10)17-2/h3,5-6H,1-2H3. The smallest absolute Gasteiger partial charge is 0.197 e. The van der Waals surface area contributed by atoms with Gasteiger partial charge in [-0.05, 0) is 6.07 Å². The second-order valence-corrected chi connectivity index (χ2v) is 3.32. The molecular weight excluding hydrogens is 223 g/mol. The summed E-state index contributed by atoms with van der Waals surface area (Å²) in [6.45, 7) is 0. The molecule has 2 aromatic rings. The van der Waals surface area contributed by atoms with Crippen LogP contribution in [0.3, 0.4) is 0 Å². The van der Waals surface area contributed by atoms with Gasteiger partial charge in [-0.15, -0.1) is 0 Å². The SMILES string of the molecule is COc1cc2c(C#N)cncc2c(F)c1OC. The fourth-order valence-electron chi connectivity index (χ4n) is 1.66. The molecule has 0 radical (unpaired) electrons. The van der Waals surface area contributed by atoms with Crippen molar-refractivity contribution in [3.8, 4) is 17.6 Å². The summed E-state index contributed by atoms with van der Waals surface area (Å²) in [6.07, 6.45) is 2.74. The van der Waals surface area contributed by atoms with E-state index >= 15 is 0 Å². The summed E-state index contributed by atoms with van der Waals surface area (Å²) in [5.74, 6) is -0.316. The van der Waals surface area contributed by atoms with Crippen molar-refractivity contribution < 1.29 is 13.9 Å². The van der Waals surface area contributed by atoms with Crippen molar-refractivity contribution in [2.45, 2.75) is 0 Å². The Balaban J connectivity index is 2.91. The number of benzene rings is 1. The van der Waals surface area contributed by atoms with Gasteiger partial charge in [0.25, 0.3) is 0 Å². The predicted octanol–water partition coefficient (Wildman–Crippen LogP) is 2.26. The molecule has 0 saturated carbocycles. The second-order valence-electron chi connectivity index (χ2n) is 3.32. The van der Waals surface area contributed by atoms with Crippen molar-refractivity contribution in [1.29, 1.82) is 5.26 Å². The maximum Gasteiger partial charge on any atom is 0.197 e. The molecule has 1 heterocycles. The Morgan fingerprint density at radius 3 is 2.59 bits per heavy atom. The van der Waals surface area contributed by atoms with Crippen LogP contribution >= 0.6 is 0 Å². The maximum atomic E-state index is 14.1. The average molecular weight is 232 g/mol. The van der Waals surface area contributed by atoms with Gasteiger partial charge < -0.3 is 9.47 Å². The molecule has 1 aromatic heterocycles. The van der Waals surface area contributed by atoms with E-state index in [0.29, 0.717) is 10.9 Å². The highest BCUT2D eigenvalue weighted by Gasteiger charge is 2.16. The van der Waals surface area contributed by atoms with E-state index in [1.54, 1.807) is 6.07 Å². The third kappa shape index (κ3) is 1.64. The Hall–Kier alpha value is -2.35. The zero-order chi connectivity index (χ0) is 12.4. The minimum Gasteiger partial charge on any atom is -0.493 e. The lowest BCUT2D eigenvalue weighted by Gasteiger charge is -2.11. The quantitative estimate of drug-likeness (QED) is 0.796. The number of rotatable bonds is 2. The first-order valence-corrected chi connectivity index (χ1v) is 4.81. The molecule has 0 aliphatic rings. The molecule has 0 spiro atoms. The minimum atomic E-state index is -0.577. The van der Waals surface area contributed by atoms with Crippen molar-refractivity contribution in [2.24, 2.45) is 0 Å². The molecule has 0 atom stereocenters. The molecule has 5 heteroatoms. The van der Waals surface area contributed by atoms with Crippen LogP contribution in [-0.4, -0.2) is 19.2 Å². The van der Waals surface area contributed by atoms with Crippen LogP contribution in [0.25, 0.3) is 10.8 Å². The minimum absolute atomic E-state index is 0.0110. The van der Waals surface area contributed by atoms with Crippen molar-refractivity contribution in [1.82, 2.24) is 4.98 Å². The summed E-state index contributed by atoms with van der Waals surface area (Å²) < 4.78 is 24.0. The zero-order valence-corrected chi connectivity index (χ0v) is 9.32. The van der Waals surface area contributed by atoms with Gasteiger partial charge in [0.1, 0.15) is 6.07 Å². The van der Waals surface area contributed by atoms with Gasteiger partial charge in [-0.25, -0.2) is 4.39 Å². The normalized spacial score (nSPS) is 10.0. The monoisotopic (exact) mass is 232 g/mol. The lowest BCUT2D eigenvalue weighted by Crippen LogP contribution is -1.96. The molecule has 1 aromatic carbocycles. The Labute approximate surface area is 97.2 Å². The van der Waals surface area contributed by atoms with Crippen LogP contribution < -0.4 is 9.47 Å². The molecular formula is C12H9FN2O2. The van der Waals surface area contributed by atoms with E-state index in [4.69, 9.17) is 14.7 Å². The topological polar surface area (TPSA) is 55.1 Å². The van der Waals surface area contributed by atoms with Crippen LogP contribution in [0, 0.1) is 17.1 Å². The fraction of sp³-hybridized carbons (Fsp3) is 0.167. The van der Waals surface area contributed by atoms with Crippen LogP contribution in [0.15, 0.2) is 18.5 Å². The van der Waals surface area contributed by atoms with Crippen LogP contribution in [0.5, 0.6) is 11.5 Å². The Bertz CT molecular complexity index is 620. The highest BCUT2D eigenvalue weighted by molar-refractivity contribution is 5.90. The van der Waals surface area contributed by atoms with Gasteiger partial charge in [0.05, 0.1) is 19.8 Å². The average Bonchev–Trinajstić information content (AvgIpc) is 2.37. The van der Waals surface area contributed by atoms with E-state index in [2.05, 4.69) is 4.98 Å². The number of hydrogen-bond acceptors (Lipinski definition) is 4. The highest BCUT2D eigenvalue weighted by Crippen LogP contribution is 2.36. The largest absolute Gasteiger partial charge is 0.493 e. The molecule has 4 nitrogen and oxygen atoms in total. The van der Waals surface area contributed by atoms with Crippen LogP contribution in [-0.2, 0) is 0 Å². The number of ether oxygens (including phenoxy) is 2. The summed E-state index contributed by atoms with van der Waals surface area (Å²) in [7, 11) is 2.77. The van der Waals surface area contributed by atoms with Gasteiger partial charge in [0.15, 0.2) is 17.3 Å². The number of aromatic nitrogens is 1. The van der Waals surface area contributed by atoms with Gasteiger partial charge in [-0.2, -0.15) is 5.26 Å². The zero-order valence-electron chi connectivity index (χ0n) is 9.32. The van der Waals surface area contributed by atoms with Gasteiger partial charge in [0.2, 0.25) is 0 Å². The first-order chi connectivity index (χ1) is 8.22. The number of pyridine rings is 1. The lowest BCUT2D eigenvalue weighted by atomic mass is 10.1. The number of hydrogen-bond donors (Lipinski definition) is 0. The van der Waals surface area contributed by atoms with Crippen molar-refractivity contribution in [3.63, 3.8) is 0 Å². The fourth-order valence-corrected chi connectivity index (χ4v) is 1.66. The molecule has 0 aliphatic heterocycles. The molecule has 17 heavy (non-hydrogen) atoms. The number of halogens is 1. The van der Waals surface area contributed by atoms with E-state index in [-0.39, 0.29) is 16.9 Å². The van der Waals surface area contributed by atoms with Crippen LogP contribution in [0.4, 0.5) is 4.39 Å². The lowest BCUT2D eigenvalue weighted by molar-refractivity contribution is 0.339. The molecule has 86 valence electrons. The van der Waals surface area contributed by atoms with Gasteiger partial charge in [0, 0.05) is 23.2 Å². The number of nitriles is 1. The summed E-state index contributed by atoms with van der Waals surface area (Å²) >= 11 is 0. The summed E-state index contributed by atoms with van der Waals surface area (Å²) in [5, 5.41) is 9.63. The van der Waals surface area contributed by atoms with E-state index in [1.165, 1.54) is 26.6 Å². The highest BCUT2D eigenvalue weighted by atomic mass is 19.1. The molecule has 0 bridgehead atoms. The van der Waals surface area contributed by atoms with Crippen LogP contribution in [0.1, 0.15) is 5.56 Å². The molecule has 0 amide bonds. The first-order valence-electron chi connectivity index (χ1n) is 4.81. The Morgan fingerprint density at radius 2 is 2.00 bits per heavy atom. The van der Waals surface area contributed by atoms with E-state index in [1.807, 2.05) is 6.07 Å². The molecule has 0 saturated heterocycles. The summed E-state index contributed by atoms with van der Waals surface area (Å²) in [4.78, 5) is 3.82. The molecule has 0 N–H and O–H groups in total. The second kappa shape index (κ2) is 4.26. The van der Waals surface area contributed by atoms with E-state index in [0.717, 1.165) is 0 Å². The van der Waals surface area contributed by atoms with Crippen LogP contribution in [0.2, 0.25) is 0 Å². The molecule has 0 fully saturated rings. The van der Waals surface area contributed by atoms with Gasteiger partial charge in [-0.3, -0.25) is 4.98 Å². The molecule has 0 unspecified atom stereocenters. The van der Waals surface area contributed by atoms with E-state index < -0.39 is 5.82 Å². The maximum absolute atomic E-state index is 14.1. The molecule has 2 rings (SSSR count). The Morgan fingerprint density at radius 1 is 1.24 bits per heavy atom. The van der Waals surface area contributed by atoms with Crippen molar-refractivity contribution >= 4 is 10.8 Å². The summed E-state index contributed by atoms with van der Waals surface area (Å²) in [5.41, 5.74) is 0.294. The first kappa shape index (κ1) is 11.1. The number of methoxy groups -OCH3 is 2. The third-order valence-corrected chi connectivity index (χ3v) is 2.47. The number of nitrogens with zero attached hydrogens (tertiary/aromatic N) is 2. The predicted molar refractivity (Wildman–Crippen MR) is 59.5 cm³/mol.